The van der Waals surface area contributed by atoms with Gasteiger partial charge in [0.1, 0.15) is 23.9 Å². The summed E-state index contributed by atoms with van der Waals surface area (Å²) in [4.78, 5) is 23.0. The van der Waals surface area contributed by atoms with E-state index in [-0.39, 0.29) is 41.6 Å². The molecule has 10 nitrogen and oxygen atoms in total. The standard InChI is InChI=1S/C30H27F2N5O5/c31-21-3-5-23(34-25(21)16-41-27-6-1-18(13-33)11-22(27)32)20-7-9-36(14-20)15-28-35-24-4-2-19(29(38)39)12-26(24)37(28)17-30(40)8-10-42-30/h1-6,11-12,20,40H,7-10,14-17H2,(H,38,39)/t20-,30+/m0/s1. The third-order valence-electron chi connectivity index (χ3n) is 7.76. The first-order chi connectivity index (χ1) is 20.2. The van der Waals surface area contributed by atoms with E-state index in [1.54, 1.807) is 18.2 Å². The molecule has 2 atom stereocenters. The number of benzene rings is 2. The third kappa shape index (κ3) is 5.54. The van der Waals surface area contributed by atoms with E-state index in [4.69, 9.17) is 19.7 Å². The van der Waals surface area contributed by atoms with Crippen molar-refractivity contribution < 1.29 is 33.3 Å². The van der Waals surface area contributed by atoms with Crippen LogP contribution in [0.5, 0.6) is 5.75 Å². The number of aromatic nitrogens is 3. The Hall–Kier alpha value is -4.44. The van der Waals surface area contributed by atoms with E-state index in [0.717, 1.165) is 19.0 Å². The van der Waals surface area contributed by atoms with Crippen molar-refractivity contribution >= 4 is 17.0 Å². The normalized spacial score (nSPS) is 20.4. The molecule has 2 aromatic carbocycles. The van der Waals surface area contributed by atoms with Crippen molar-refractivity contribution in [3.8, 4) is 11.8 Å². The Bertz CT molecular complexity index is 1710. The molecule has 2 aromatic heterocycles. The Labute approximate surface area is 239 Å². The average molecular weight is 576 g/mol. The lowest BCUT2D eigenvalue weighted by Crippen LogP contribution is -2.47. The number of fused-ring (bicyclic) bond motifs is 1. The number of hydrogen-bond acceptors (Lipinski definition) is 8. The van der Waals surface area contributed by atoms with Crippen molar-refractivity contribution in [1.82, 2.24) is 19.4 Å². The van der Waals surface area contributed by atoms with Gasteiger partial charge in [0, 0.05) is 24.6 Å². The maximum Gasteiger partial charge on any atom is 0.335 e. The lowest BCUT2D eigenvalue weighted by molar-refractivity contribution is -0.288. The highest BCUT2D eigenvalue weighted by molar-refractivity contribution is 5.92. The number of carboxylic acids is 1. The molecule has 2 N–H and O–H groups in total. The van der Waals surface area contributed by atoms with E-state index in [2.05, 4.69) is 9.88 Å². The molecule has 2 aliphatic rings. The molecule has 2 fully saturated rings. The predicted octanol–water partition coefficient (Wildman–Crippen LogP) is 3.96. The minimum atomic E-state index is -1.33. The predicted molar refractivity (Wildman–Crippen MR) is 144 cm³/mol. The van der Waals surface area contributed by atoms with Gasteiger partial charge in [-0.1, -0.05) is 0 Å². The van der Waals surface area contributed by atoms with Gasteiger partial charge in [-0.2, -0.15) is 5.26 Å². The minimum Gasteiger partial charge on any atom is -0.484 e. The summed E-state index contributed by atoms with van der Waals surface area (Å²) in [6.45, 7) is 2.09. The molecule has 0 saturated carbocycles. The second kappa shape index (κ2) is 11.1. The maximum atomic E-state index is 14.6. The Balaban J connectivity index is 1.18. The first-order valence-corrected chi connectivity index (χ1v) is 13.5. The van der Waals surface area contributed by atoms with Crippen LogP contribution in [-0.2, 0) is 24.4 Å². The van der Waals surface area contributed by atoms with Crippen molar-refractivity contribution in [2.24, 2.45) is 0 Å². The number of carboxylic acid groups (broad SMARTS) is 1. The number of ether oxygens (including phenoxy) is 2. The molecule has 2 saturated heterocycles. The molecule has 0 radical (unpaired) electrons. The molecule has 0 unspecified atom stereocenters. The molecule has 42 heavy (non-hydrogen) atoms. The van der Waals surface area contributed by atoms with Gasteiger partial charge >= 0.3 is 5.97 Å². The second-order valence-electron chi connectivity index (χ2n) is 10.6. The van der Waals surface area contributed by atoms with Crippen LogP contribution in [0, 0.1) is 23.0 Å². The summed E-state index contributed by atoms with van der Waals surface area (Å²) in [7, 11) is 0. The number of rotatable bonds is 9. The minimum absolute atomic E-state index is 0.00610. The van der Waals surface area contributed by atoms with Gasteiger partial charge in [-0.05, 0) is 61.5 Å². The van der Waals surface area contributed by atoms with E-state index >= 15 is 0 Å². The van der Waals surface area contributed by atoms with Gasteiger partial charge in [-0.25, -0.2) is 18.6 Å². The number of hydrogen-bond donors (Lipinski definition) is 2. The lowest BCUT2D eigenvalue weighted by Gasteiger charge is -2.37. The molecule has 0 aliphatic carbocycles. The molecule has 12 heteroatoms. The number of nitrogens with zero attached hydrogens (tertiary/aromatic N) is 5. The SMILES string of the molecule is N#Cc1ccc(OCc2nc([C@H]3CCN(Cc4nc5ccc(C(=O)O)cc5n4C[C@@]4(O)CCO4)C3)ccc2F)c(F)c1. The highest BCUT2D eigenvalue weighted by Crippen LogP contribution is 2.31. The summed E-state index contributed by atoms with van der Waals surface area (Å²) in [5.41, 5.74) is 2.26. The Morgan fingerprint density at radius 2 is 2.00 bits per heavy atom. The van der Waals surface area contributed by atoms with Gasteiger partial charge in [-0.15, -0.1) is 0 Å². The van der Waals surface area contributed by atoms with Crippen molar-refractivity contribution in [2.75, 3.05) is 19.7 Å². The molecule has 6 rings (SSSR count). The fraction of sp³-hybridized carbons (Fsp3) is 0.333. The fourth-order valence-electron chi connectivity index (χ4n) is 5.39. The summed E-state index contributed by atoms with van der Waals surface area (Å²) >= 11 is 0. The topological polar surface area (TPSA) is 134 Å². The number of aliphatic hydroxyl groups is 1. The number of likely N-dealkylation sites (tertiary alicyclic amines) is 1. The van der Waals surface area contributed by atoms with Crippen molar-refractivity contribution in [3.05, 3.63) is 88.5 Å². The van der Waals surface area contributed by atoms with Gasteiger partial charge in [-0.3, -0.25) is 9.88 Å². The number of pyridine rings is 1. The molecule has 4 heterocycles. The Kier molecular flexibility index (Phi) is 7.32. The molecule has 0 amide bonds. The van der Waals surface area contributed by atoms with Crippen LogP contribution in [0.1, 0.15) is 51.9 Å². The van der Waals surface area contributed by atoms with Crippen LogP contribution in [0.15, 0.2) is 48.5 Å². The largest absolute Gasteiger partial charge is 0.484 e. The van der Waals surface area contributed by atoms with Crippen LogP contribution in [0.4, 0.5) is 8.78 Å². The molecular formula is C30H27F2N5O5. The van der Waals surface area contributed by atoms with Crippen LogP contribution in [0.25, 0.3) is 11.0 Å². The van der Waals surface area contributed by atoms with Crippen LogP contribution >= 0.6 is 0 Å². The molecular weight excluding hydrogens is 548 g/mol. The highest BCUT2D eigenvalue weighted by atomic mass is 19.1. The van der Waals surface area contributed by atoms with Crippen LogP contribution < -0.4 is 4.74 Å². The van der Waals surface area contributed by atoms with Crippen molar-refractivity contribution in [3.63, 3.8) is 0 Å². The van der Waals surface area contributed by atoms with E-state index in [1.165, 1.54) is 24.3 Å². The number of imidazole rings is 1. The Morgan fingerprint density at radius 1 is 1.17 bits per heavy atom. The van der Waals surface area contributed by atoms with Crippen molar-refractivity contribution in [2.45, 2.75) is 44.2 Å². The van der Waals surface area contributed by atoms with Gasteiger partial charge < -0.3 is 24.3 Å². The summed E-state index contributed by atoms with van der Waals surface area (Å²) in [5.74, 6) is -3.07. The molecule has 0 bridgehead atoms. The molecule has 4 aromatic rings. The number of nitriles is 1. The summed E-state index contributed by atoms with van der Waals surface area (Å²) < 4.78 is 41.5. The van der Waals surface area contributed by atoms with Gasteiger partial charge in [0.25, 0.3) is 0 Å². The summed E-state index contributed by atoms with van der Waals surface area (Å²) in [6, 6.07) is 13.3. The first-order valence-electron chi connectivity index (χ1n) is 13.5. The van der Waals surface area contributed by atoms with Gasteiger partial charge in [0.05, 0.1) is 47.9 Å². The monoisotopic (exact) mass is 575 g/mol. The van der Waals surface area contributed by atoms with E-state index in [0.29, 0.717) is 48.7 Å². The van der Waals surface area contributed by atoms with E-state index < -0.39 is 23.4 Å². The maximum absolute atomic E-state index is 14.6. The van der Waals surface area contributed by atoms with Crippen LogP contribution in [0.3, 0.4) is 0 Å². The van der Waals surface area contributed by atoms with Gasteiger partial charge in [0.15, 0.2) is 17.4 Å². The third-order valence-corrected chi connectivity index (χ3v) is 7.76. The van der Waals surface area contributed by atoms with Crippen LogP contribution in [-0.4, -0.2) is 61.1 Å². The average Bonchev–Trinajstić information content (AvgIpc) is 3.56. The van der Waals surface area contributed by atoms with Crippen molar-refractivity contribution in [1.29, 1.82) is 5.26 Å². The lowest BCUT2D eigenvalue weighted by atomic mass is 10.0. The fourth-order valence-corrected chi connectivity index (χ4v) is 5.39. The first kappa shape index (κ1) is 27.7. The summed E-state index contributed by atoms with van der Waals surface area (Å²) in [6.07, 6.45) is 1.23. The zero-order valence-electron chi connectivity index (χ0n) is 22.5. The zero-order valence-corrected chi connectivity index (χ0v) is 22.5. The quantitative estimate of drug-likeness (QED) is 0.304. The van der Waals surface area contributed by atoms with E-state index in [1.807, 2.05) is 10.6 Å². The van der Waals surface area contributed by atoms with Gasteiger partial charge in [0.2, 0.25) is 0 Å². The molecule has 2 aliphatic heterocycles. The molecule has 0 spiro atoms. The number of aromatic carboxylic acids is 1. The van der Waals surface area contributed by atoms with Crippen LogP contribution in [0.2, 0.25) is 0 Å². The Morgan fingerprint density at radius 3 is 2.71 bits per heavy atom. The number of halogens is 2. The second-order valence-corrected chi connectivity index (χ2v) is 10.6. The highest BCUT2D eigenvalue weighted by Gasteiger charge is 2.38. The molecule has 216 valence electrons. The zero-order chi connectivity index (χ0) is 29.4. The number of carbonyl (C=O) groups is 1. The summed E-state index contributed by atoms with van der Waals surface area (Å²) in [5, 5.41) is 29.1. The smallest absolute Gasteiger partial charge is 0.335 e. The van der Waals surface area contributed by atoms with E-state index in [9.17, 15) is 23.8 Å².